The zero-order chi connectivity index (χ0) is 47.1. The Kier molecular flexibility index (Phi) is 44.8. The molecule has 0 fully saturated rings. The Morgan fingerprint density at radius 2 is 0.469 bits per heavy atom. The van der Waals surface area contributed by atoms with Gasteiger partial charge in [0.1, 0.15) is 39.6 Å². The number of unbranched alkanes of at least 4 members (excludes halogenated alkanes) is 23. The maximum atomic E-state index is 12.7. The minimum absolute atomic E-state index is 0.0700. The molecule has 0 aromatic carbocycles. The highest BCUT2D eigenvalue weighted by Gasteiger charge is 2.21. The molecule has 0 radical (unpaired) electrons. The Morgan fingerprint density at radius 1 is 0.281 bits per heavy atom. The van der Waals surface area contributed by atoms with Gasteiger partial charge in [0, 0.05) is 31.0 Å². The summed E-state index contributed by atoms with van der Waals surface area (Å²) in [4.78, 5) is 75.0. The number of rotatable bonds is 47. The first-order valence-electron chi connectivity index (χ1n) is 25.6. The molecule has 0 amide bonds. The van der Waals surface area contributed by atoms with Gasteiger partial charge < -0.3 is 28.4 Å². The van der Waals surface area contributed by atoms with Gasteiger partial charge in [0.25, 0.3) is 0 Å². The van der Waals surface area contributed by atoms with E-state index in [9.17, 15) is 28.8 Å². The molecule has 374 valence electrons. The number of carbonyl (C=O) groups is 6. The lowest BCUT2D eigenvalue weighted by Gasteiger charge is -2.18. The van der Waals surface area contributed by atoms with E-state index < -0.39 is 23.8 Å². The van der Waals surface area contributed by atoms with Crippen LogP contribution in [-0.4, -0.2) is 80.8 Å². The summed E-state index contributed by atoms with van der Waals surface area (Å²) >= 11 is 3.35. The first-order valence-corrected chi connectivity index (χ1v) is 26.8. The lowest BCUT2D eigenvalue weighted by atomic mass is 10.0. The Hall–Kier alpha value is -2.70. The molecule has 0 spiro atoms. The van der Waals surface area contributed by atoms with Crippen molar-refractivity contribution in [2.45, 2.75) is 233 Å². The molecule has 0 N–H and O–H groups in total. The monoisotopic (exact) mass is 975 g/mol. The third kappa shape index (κ3) is 43.2. The van der Waals surface area contributed by atoms with E-state index >= 15 is 0 Å². The van der Waals surface area contributed by atoms with Crippen LogP contribution in [0.4, 0.5) is 0 Å². The molecule has 0 aliphatic heterocycles. The van der Waals surface area contributed by atoms with Crippen LogP contribution in [-0.2, 0) is 57.2 Å². The minimum Gasteiger partial charge on any atom is -0.465 e. The zero-order valence-electron chi connectivity index (χ0n) is 40.7. The fraction of sp³-hybridized carbons (Fsp3) is 0.882. The van der Waals surface area contributed by atoms with Gasteiger partial charge >= 0.3 is 35.8 Å². The van der Waals surface area contributed by atoms with Crippen LogP contribution in [0, 0.1) is 11.8 Å². The Bertz CT molecular complexity index is 1130. The second-order valence-corrected chi connectivity index (χ2v) is 18.3. The van der Waals surface area contributed by atoms with Crippen LogP contribution in [0.2, 0.25) is 0 Å². The zero-order valence-corrected chi connectivity index (χ0v) is 42.3. The Labute approximate surface area is 397 Å². The highest BCUT2D eigenvalue weighted by atomic mass is 79.9. The molecule has 0 rings (SSSR count). The maximum Gasteiger partial charge on any atom is 0.306 e. The van der Waals surface area contributed by atoms with Gasteiger partial charge in [-0.1, -0.05) is 178 Å². The van der Waals surface area contributed by atoms with Crippen LogP contribution >= 0.6 is 15.9 Å². The molecule has 0 saturated heterocycles. The lowest BCUT2D eigenvalue weighted by molar-refractivity contribution is -0.158. The average Bonchev–Trinajstić information content (AvgIpc) is 3.28. The molecule has 12 nitrogen and oxygen atoms in total. The first kappa shape index (κ1) is 61.3. The number of ether oxygens (including phenoxy) is 6. The molecule has 0 bridgehead atoms. The molecular formula is C51H91BrO12. The summed E-state index contributed by atoms with van der Waals surface area (Å²) in [6.07, 6.45) is 30.6. The van der Waals surface area contributed by atoms with E-state index in [0.717, 1.165) is 95.2 Å². The van der Waals surface area contributed by atoms with E-state index in [1.165, 1.54) is 77.0 Å². The van der Waals surface area contributed by atoms with E-state index in [1.54, 1.807) is 0 Å². The normalized spacial score (nSPS) is 11.6. The van der Waals surface area contributed by atoms with E-state index in [2.05, 4.69) is 36.7 Å². The van der Waals surface area contributed by atoms with Gasteiger partial charge in [0.05, 0.1) is 24.7 Å². The van der Waals surface area contributed by atoms with E-state index in [-0.39, 0.29) is 82.8 Å². The average molecular weight is 976 g/mol. The quantitative estimate of drug-likeness (QED) is 0.0246. The van der Waals surface area contributed by atoms with Crippen LogP contribution in [0.15, 0.2) is 0 Å². The van der Waals surface area contributed by atoms with Crippen LogP contribution in [0.5, 0.6) is 0 Å². The third-order valence-electron chi connectivity index (χ3n) is 11.1. The van der Waals surface area contributed by atoms with Crippen molar-refractivity contribution in [2.75, 3.05) is 45.0 Å². The highest BCUT2D eigenvalue weighted by molar-refractivity contribution is 9.09. The molecule has 13 heteroatoms. The van der Waals surface area contributed by atoms with E-state index in [4.69, 9.17) is 28.4 Å². The molecule has 0 aliphatic rings. The predicted octanol–water partition coefficient (Wildman–Crippen LogP) is 12.8. The second kappa shape index (κ2) is 46.8. The minimum atomic E-state index is -0.660. The molecule has 0 aromatic heterocycles. The van der Waals surface area contributed by atoms with Gasteiger partial charge in [-0.3, -0.25) is 28.8 Å². The lowest BCUT2D eigenvalue weighted by Crippen LogP contribution is -2.27. The van der Waals surface area contributed by atoms with Crippen LogP contribution in [0.1, 0.15) is 233 Å². The number of halogens is 1. The van der Waals surface area contributed by atoms with E-state index in [0.29, 0.717) is 25.7 Å². The van der Waals surface area contributed by atoms with Crippen molar-refractivity contribution in [3.05, 3.63) is 0 Å². The molecular weight excluding hydrogens is 884 g/mol. The van der Waals surface area contributed by atoms with E-state index in [1.807, 2.05) is 0 Å². The van der Waals surface area contributed by atoms with Crippen LogP contribution < -0.4 is 0 Å². The van der Waals surface area contributed by atoms with Gasteiger partial charge in [-0.2, -0.15) is 0 Å². The largest absolute Gasteiger partial charge is 0.465 e. The molecule has 0 aromatic rings. The van der Waals surface area contributed by atoms with Crippen LogP contribution in [0.3, 0.4) is 0 Å². The number of esters is 6. The molecule has 64 heavy (non-hydrogen) atoms. The van der Waals surface area contributed by atoms with Crippen molar-refractivity contribution in [1.82, 2.24) is 0 Å². The summed E-state index contributed by atoms with van der Waals surface area (Å²) in [7, 11) is 0. The number of carbonyl (C=O) groups excluding carboxylic acids is 6. The summed E-state index contributed by atoms with van der Waals surface area (Å²) in [5.74, 6) is -3.87. The number of hydrogen-bond donors (Lipinski definition) is 0. The molecule has 0 aliphatic carbocycles. The van der Waals surface area contributed by atoms with Gasteiger partial charge in [-0.15, -0.1) is 0 Å². The number of alkyl halides is 1. The van der Waals surface area contributed by atoms with Crippen molar-refractivity contribution in [2.24, 2.45) is 11.8 Å². The van der Waals surface area contributed by atoms with Crippen LogP contribution in [0.25, 0.3) is 0 Å². The summed E-state index contributed by atoms with van der Waals surface area (Å²) in [6, 6.07) is 0. The third-order valence-corrected chi connectivity index (χ3v) is 11.7. The molecule has 0 heterocycles. The van der Waals surface area contributed by atoms with Crippen molar-refractivity contribution < 1.29 is 57.2 Å². The summed E-state index contributed by atoms with van der Waals surface area (Å²) in [6.45, 7) is 5.90. The summed E-state index contributed by atoms with van der Waals surface area (Å²) < 4.78 is 32.7. The fourth-order valence-electron chi connectivity index (χ4n) is 6.94. The van der Waals surface area contributed by atoms with Gasteiger partial charge in [-0.25, -0.2) is 0 Å². The van der Waals surface area contributed by atoms with Crippen molar-refractivity contribution in [3.8, 4) is 0 Å². The Balaban J connectivity index is 4.77. The SMILES string of the molecule is CCCCCCCCCCCCCCCCCC(=O)OCC(COC(=O)CCCCBr)COC(=O)CCC(=O)OCC(COC(=O)CCCCCCC)COC(=O)CCCCCCC. The summed E-state index contributed by atoms with van der Waals surface area (Å²) in [5, 5.41) is 0.783. The molecule has 1 unspecified atom stereocenters. The predicted molar refractivity (Wildman–Crippen MR) is 256 cm³/mol. The fourth-order valence-corrected chi connectivity index (χ4v) is 7.34. The van der Waals surface area contributed by atoms with Gasteiger partial charge in [-0.05, 0) is 32.1 Å². The molecule has 0 saturated carbocycles. The second-order valence-electron chi connectivity index (χ2n) is 17.5. The maximum absolute atomic E-state index is 12.7. The van der Waals surface area contributed by atoms with Gasteiger partial charge in [0.15, 0.2) is 0 Å². The standard InChI is InChI=1S/C51H91BrO12/c1-4-7-10-13-14-15-16-17-18-19-20-21-22-25-28-33-48(55)61-40-45(41-62-49(56)34-29-30-37-52)43-64-51(58)36-35-50(57)63-42-44(38-59-46(53)31-26-23-11-8-5-2)39-60-47(54)32-27-24-12-9-6-3/h44-45H,4-43H2,1-3H3. The highest BCUT2D eigenvalue weighted by Crippen LogP contribution is 2.15. The molecule has 1 atom stereocenters. The van der Waals surface area contributed by atoms with Crippen molar-refractivity contribution >= 4 is 51.7 Å². The smallest absolute Gasteiger partial charge is 0.306 e. The summed E-state index contributed by atoms with van der Waals surface area (Å²) in [5.41, 5.74) is 0. The Morgan fingerprint density at radius 3 is 0.688 bits per heavy atom. The first-order chi connectivity index (χ1) is 31.1. The topological polar surface area (TPSA) is 158 Å². The van der Waals surface area contributed by atoms with Crippen molar-refractivity contribution in [3.63, 3.8) is 0 Å². The number of hydrogen-bond acceptors (Lipinski definition) is 12. The van der Waals surface area contributed by atoms with Gasteiger partial charge in [0.2, 0.25) is 0 Å². The van der Waals surface area contributed by atoms with Crippen molar-refractivity contribution in [1.29, 1.82) is 0 Å².